The second kappa shape index (κ2) is 6.66. The van der Waals surface area contributed by atoms with Crippen LogP contribution in [0.25, 0.3) is 0 Å². The second-order valence-corrected chi connectivity index (χ2v) is 2.97. The first kappa shape index (κ1) is 13.2. The SMILES string of the molecule is OCC[n+]1ccccc1.[O-][Cl+3]([O-])([O-])[O-]. The zero-order chi connectivity index (χ0) is 11.0. The molecule has 7 heteroatoms. The highest BCUT2D eigenvalue weighted by Crippen LogP contribution is 1.75. The third-order valence-corrected chi connectivity index (χ3v) is 1.14. The Morgan fingerprint density at radius 3 is 1.79 bits per heavy atom. The maximum Gasteiger partial charge on any atom is 0.171 e. The number of nitrogens with zero attached hydrogens (tertiary/aromatic N) is 1. The number of hydrogen-bond donors (Lipinski definition) is 1. The molecule has 0 amide bonds. The van der Waals surface area contributed by atoms with Crippen LogP contribution in [0.2, 0.25) is 0 Å². The number of aliphatic hydroxyl groups is 1. The van der Waals surface area contributed by atoms with Crippen LogP contribution in [0.15, 0.2) is 30.6 Å². The summed E-state index contributed by atoms with van der Waals surface area (Å²) in [4.78, 5) is 0. The minimum Gasteiger partial charge on any atom is -0.390 e. The van der Waals surface area contributed by atoms with Gasteiger partial charge in [0.2, 0.25) is 0 Å². The van der Waals surface area contributed by atoms with E-state index < -0.39 is 10.2 Å². The Kier molecular flexibility index (Phi) is 6.30. The molecule has 0 saturated carbocycles. The fourth-order valence-corrected chi connectivity index (χ4v) is 0.699. The van der Waals surface area contributed by atoms with Gasteiger partial charge < -0.3 is 5.11 Å². The van der Waals surface area contributed by atoms with E-state index in [0.29, 0.717) is 6.54 Å². The molecule has 0 aromatic carbocycles. The van der Waals surface area contributed by atoms with Crippen LogP contribution in [-0.2, 0) is 6.54 Å². The van der Waals surface area contributed by atoms with Crippen molar-refractivity contribution in [3.8, 4) is 0 Å². The number of aliphatic hydroxyl groups excluding tert-OH is 1. The molecule has 0 spiro atoms. The van der Waals surface area contributed by atoms with Gasteiger partial charge in [0.25, 0.3) is 0 Å². The first-order valence-electron chi connectivity index (χ1n) is 3.60. The monoisotopic (exact) mass is 223 g/mol. The van der Waals surface area contributed by atoms with Gasteiger partial charge in [-0.15, -0.1) is 10.2 Å². The van der Waals surface area contributed by atoms with Crippen LogP contribution in [0.1, 0.15) is 0 Å². The van der Waals surface area contributed by atoms with E-state index in [9.17, 15) is 0 Å². The highest BCUT2D eigenvalue weighted by molar-refractivity contribution is 4.83. The van der Waals surface area contributed by atoms with Gasteiger partial charge in [-0.1, -0.05) is 6.07 Å². The highest BCUT2D eigenvalue weighted by Gasteiger charge is 1.91. The fraction of sp³-hybridized carbons (Fsp3) is 0.286. The average Bonchev–Trinajstić information content (AvgIpc) is 2.03. The molecule has 0 saturated heterocycles. The predicted molar refractivity (Wildman–Crippen MR) is 33.7 cm³/mol. The summed E-state index contributed by atoms with van der Waals surface area (Å²) in [6.45, 7) is 0.884. The van der Waals surface area contributed by atoms with Crippen molar-refractivity contribution in [1.82, 2.24) is 0 Å². The van der Waals surface area contributed by atoms with Gasteiger partial charge in [-0.05, 0) is 0 Å². The normalized spacial score (nSPS) is 10.4. The molecule has 1 aromatic heterocycles. The molecule has 80 valence electrons. The van der Waals surface area contributed by atoms with E-state index in [-0.39, 0.29) is 6.61 Å². The summed E-state index contributed by atoms with van der Waals surface area (Å²) in [6.07, 6.45) is 3.85. The van der Waals surface area contributed by atoms with Crippen LogP contribution >= 0.6 is 0 Å². The largest absolute Gasteiger partial charge is 0.390 e. The maximum absolute atomic E-state index is 8.50. The molecule has 0 unspecified atom stereocenters. The molecule has 0 aliphatic rings. The minimum atomic E-state index is -4.94. The summed E-state index contributed by atoms with van der Waals surface area (Å²) in [5.41, 5.74) is 0. The van der Waals surface area contributed by atoms with Crippen molar-refractivity contribution in [2.75, 3.05) is 6.61 Å². The molecule has 0 atom stereocenters. The molecule has 0 radical (unpaired) electrons. The zero-order valence-electron chi connectivity index (χ0n) is 7.21. The predicted octanol–water partition coefficient (Wildman–Crippen LogP) is -4.79. The van der Waals surface area contributed by atoms with Crippen molar-refractivity contribution in [2.45, 2.75) is 6.54 Å². The van der Waals surface area contributed by atoms with Gasteiger partial charge in [0.1, 0.15) is 6.61 Å². The lowest BCUT2D eigenvalue weighted by Crippen LogP contribution is -2.68. The topological polar surface area (TPSA) is 116 Å². The Morgan fingerprint density at radius 1 is 1.00 bits per heavy atom. The number of halogens is 1. The van der Waals surface area contributed by atoms with Gasteiger partial charge in [-0.2, -0.15) is 0 Å². The van der Waals surface area contributed by atoms with Crippen molar-refractivity contribution >= 4 is 0 Å². The summed E-state index contributed by atoms with van der Waals surface area (Å²) in [5, 5.41) is 8.50. The number of rotatable bonds is 2. The Hall–Kier alpha value is -0.760. The third-order valence-electron chi connectivity index (χ3n) is 1.14. The summed E-state index contributed by atoms with van der Waals surface area (Å²) < 4.78 is 35.9. The minimum absolute atomic E-state index is 0.203. The second-order valence-electron chi connectivity index (χ2n) is 2.21. The molecule has 1 rings (SSSR count). The molecule has 1 heterocycles. The van der Waals surface area contributed by atoms with Crippen molar-refractivity contribution in [1.29, 1.82) is 0 Å². The fourth-order valence-electron chi connectivity index (χ4n) is 0.699. The molecule has 0 aliphatic heterocycles. The van der Waals surface area contributed by atoms with E-state index in [1.165, 1.54) is 0 Å². The van der Waals surface area contributed by atoms with Gasteiger partial charge >= 0.3 is 0 Å². The van der Waals surface area contributed by atoms with Gasteiger partial charge in [0.05, 0.1) is 0 Å². The molecule has 6 nitrogen and oxygen atoms in total. The van der Waals surface area contributed by atoms with E-state index in [0.717, 1.165) is 0 Å². The molecule has 1 N–H and O–H groups in total. The molecule has 1 aromatic rings. The van der Waals surface area contributed by atoms with Gasteiger partial charge in [-0.25, -0.2) is 23.2 Å². The Balaban J connectivity index is 0.000000292. The van der Waals surface area contributed by atoms with Crippen LogP contribution in [0.3, 0.4) is 0 Å². The molecule has 0 bridgehead atoms. The summed E-state index contributed by atoms with van der Waals surface area (Å²) >= 11 is 0. The Labute approximate surface area is 83.0 Å². The molecule has 14 heavy (non-hydrogen) atoms. The van der Waals surface area contributed by atoms with Gasteiger partial charge in [-0.3, -0.25) is 0 Å². The highest BCUT2D eigenvalue weighted by atomic mass is 35.7. The van der Waals surface area contributed by atoms with Crippen LogP contribution in [0.4, 0.5) is 0 Å². The lowest BCUT2D eigenvalue weighted by Gasteiger charge is -2.17. The number of pyridine rings is 1. The van der Waals surface area contributed by atoms with Gasteiger partial charge in [0, 0.05) is 12.1 Å². The first-order valence-corrected chi connectivity index (χ1v) is 4.83. The number of aromatic nitrogens is 1. The van der Waals surface area contributed by atoms with E-state index in [1.807, 2.05) is 35.2 Å². The van der Waals surface area contributed by atoms with Crippen molar-refractivity contribution in [2.24, 2.45) is 0 Å². The Bertz CT molecular complexity index is 232. The van der Waals surface area contributed by atoms with Crippen LogP contribution in [0.5, 0.6) is 0 Å². The van der Waals surface area contributed by atoms with Crippen LogP contribution in [0, 0.1) is 10.2 Å². The number of hydrogen-bond acceptors (Lipinski definition) is 5. The Morgan fingerprint density at radius 2 is 1.43 bits per heavy atom. The van der Waals surface area contributed by atoms with Crippen LogP contribution in [-0.4, -0.2) is 11.7 Å². The first-order chi connectivity index (χ1) is 6.43. The van der Waals surface area contributed by atoms with E-state index in [2.05, 4.69) is 0 Å². The van der Waals surface area contributed by atoms with Crippen molar-refractivity contribution < 1.29 is 38.6 Å². The van der Waals surface area contributed by atoms with E-state index in [4.69, 9.17) is 23.7 Å². The lowest BCUT2D eigenvalue weighted by molar-refractivity contribution is -2.00. The molecule has 0 aliphatic carbocycles. The quantitative estimate of drug-likeness (QED) is 0.505. The average molecular weight is 224 g/mol. The summed E-state index contributed by atoms with van der Waals surface area (Å²) in [6, 6.07) is 5.83. The maximum atomic E-state index is 8.50. The zero-order valence-corrected chi connectivity index (χ0v) is 7.96. The molecule has 0 fully saturated rings. The van der Waals surface area contributed by atoms with Crippen molar-refractivity contribution in [3.63, 3.8) is 0 Å². The third kappa shape index (κ3) is 11.2. The lowest BCUT2D eigenvalue weighted by atomic mass is 10.5. The van der Waals surface area contributed by atoms with Crippen molar-refractivity contribution in [3.05, 3.63) is 30.6 Å². The smallest absolute Gasteiger partial charge is 0.171 e. The van der Waals surface area contributed by atoms with Crippen LogP contribution < -0.4 is 23.2 Å². The van der Waals surface area contributed by atoms with E-state index >= 15 is 0 Å². The summed E-state index contributed by atoms with van der Waals surface area (Å²) in [5.74, 6) is 0. The standard InChI is InChI=1S/C7H10NO.ClHO4/c9-7-6-8-4-2-1-3-5-8;2-1(3,4)5/h1-5,9H,6-7H2;(H,2,3,4,5)/q+1;/p-1. The van der Waals surface area contributed by atoms with E-state index in [1.54, 1.807) is 0 Å². The molecular weight excluding hydrogens is 214 g/mol. The molecular formula is C7H10ClNO5. The van der Waals surface area contributed by atoms with Gasteiger partial charge in [0.15, 0.2) is 18.9 Å². The summed E-state index contributed by atoms with van der Waals surface area (Å²) in [7, 11) is -4.94.